The molecule has 7 nitrogen and oxygen atoms in total. The molecule has 1 aliphatic rings. The smallest absolute Gasteiger partial charge is 0.266 e. The molecule has 1 amide bonds. The fourth-order valence-electron chi connectivity index (χ4n) is 3.27. The van der Waals surface area contributed by atoms with Crippen LogP contribution in [0.5, 0.6) is 0 Å². The van der Waals surface area contributed by atoms with Crippen molar-refractivity contribution in [2.24, 2.45) is 0 Å². The lowest BCUT2D eigenvalue weighted by Crippen LogP contribution is -2.49. The molecule has 0 atom stereocenters. The first kappa shape index (κ1) is 19.8. The molecule has 0 N–H and O–H groups in total. The largest absolute Gasteiger partial charge is 0.335 e. The standard InChI is InChI=1S/C20H20ClN5O2S/c21-18-5-4-17(29-18)20(28)25-11-8-24(9-12-25)10-13-26-19(27)6-3-16(23-26)15-2-1-7-22-14-15/h1-7,14H,8-13H2. The van der Waals surface area contributed by atoms with E-state index in [4.69, 9.17) is 11.6 Å². The normalized spacial score (nSPS) is 14.9. The number of nitrogens with zero attached hydrogens (tertiary/aromatic N) is 5. The Morgan fingerprint density at radius 1 is 1.07 bits per heavy atom. The van der Waals surface area contributed by atoms with Gasteiger partial charge in [-0.3, -0.25) is 19.5 Å². The average molecular weight is 430 g/mol. The molecule has 3 aromatic heterocycles. The highest BCUT2D eigenvalue weighted by Crippen LogP contribution is 2.23. The number of halogens is 1. The summed E-state index contributed by atoms with van der Waals surface area (Å²) >= 11 is 7.24. The van der Waals surface area contributed by atoms with Gasteiger partial charge in [0.1, 0.15) is 0 Å². The summed E-state index contributed by atoms with van der Waals surface area (Å²) in [6.07, 6.45) is 3.44. The molecule has 0 radical (unpaired) electrons. The summed E-state index contributed by atoms with van der Waals surface area (Å²) in [6, 6.07) is 10.5. The highest BCUT2D eigenvalue weighted by atomic mass is 35.5. The van der Waals surface area contributed by atoms with Crippen molar-refractivity contribution in [3.8, 4) is 11.3 Å². The van der Waals surface area contributed by atoms with Gasteiger partial charge in [0.05, 0.1) is 21.5 Å². The molecule has 3 aromatic rings. The maximum Gasteiger partial charge on any atom is 0.266 e. The first-order valence-electron chi connectivity index (χ1n) is 9.36. The topological polar surface area (TPSA) is 71.3 Å². The third kappa shape index (κ3) is 4.72. The molecule has 150 valence electrons. The van der Waals surface area contributed by atoms with Gasteiger partial charge in [0.25, 0.3) is 11.5 Å². The average Bonchev–Trinajstić information content (AvgIpc) is 3.20. The number of pyridine rings is 1. The van der Waals surface area contributed by atoms with Crippen molar-refractivity contribution >= 4 is 28.8 Å². The maximum atomic E-state index is 12.5. The number of thiophene rings is 1. The summed E-state index contributed by atoms with van der Waals surface area (Å²) in [5.74, 6) is 0.0311. The molecule has 4 rings (SSSR count). The van der Waals surface area contributed by atoms with Crippen LogP contribution >= 0.6 is 22.9 Å². The number of aromatic nitrogens is 3. The second-order valence-corrected chi connectivity index (χ2v) is 8.47. The monoisotopic (exact) mass is 429 g/mol. The Labute approximate surface area is 177 Å². The summed E-state index contributed by atoms with van der Waals surface area (Å²) < 4.78 is 2.12. The third-order valence-electron chi connectivity index (χ3n) is 4.90. The van der Waals surface area contributed by atoms with Gasteiger partial charge >= 0.3 is 0 Å². The van der Waals surface area contributed by atoms with E-state index in [1.807, 2.05) is 17.0 Å². The third-order valence-corrected chi connectivity index (χ3v) is 6.11. The second-order valence-electron chi connectivity index (χ2n) is 6.76. The minimum Gasteiger partial charge on any atom is -0.335 e. The number of rotatable bonds is 5. The number of piperazine rings is 1. The summed E-state index contributed by atoms with van der Waals surface area (Å²) in [7, 11) is 0. The predicted molar refractivity (Wildman–Crippen MR) is 113 cm³/mol. The molecular formula is C20H20ClN5O2S. The molecule has 0 aliphatic carbocycles. The quantitative estimate of drug-likeness (QED) is 0.623. The van der Waals surface area contributed by atoms with Gasteiger partial charge in [-0.15, -0.1) is 11.3 Å². The molecule has 0 spiro atoms. The van der Waals surface area contributed by atoms with Crippen LogP contribution in [0, 0.1) is 0 Å². The van der Waals surface area contributed by atoms with Gasteiger partial charge in [-0.05, 0) is 30.3 Å². The van der Waals surface area contributed by atoms with Gasteiger partial charge in [-0.1, -0.05) is 11.6 Å². The van der Waals surface area contributed by atoms with Crippen LogP contribution in [0.3, 0.4) is 0 Å². The zero-order valence-corrected chi connectivity index (χ0v) is 17.3. The Kier molecular flexibility index (Phi) is 6.03. The van der Waals surface area contributed by atoms with Gasteiger partial charge in [-0.25, -0.2) is 4.68 Å². The van der Waals surface area contributed by atoms with E-state index in [-0.39, 0.29) is 11.5 Å². The fourth-order valence-corrected chi connectivity index (χ4v) is 4.28. The van der Waals surface area contributed by atoms with Crippen LogP contribution in [-0.2, 0) is 6.54 Å². The van der Waals surface area contributed by atoms with Gasteiger partial charge < -0.3 is 4.90 Å². The fraction of sp³-hybridized carbons (Fsp3) is 0.300. The lowest BCUT2D eigenvalue weighted by Gasteiger charge is -2.34. The number of carbonyl (C=O) groups excluding carboxylic acids is 1. The lowest BCUT2D eigenvalue weighted by molar-refractivity contribution is 0.0636. The number of hydrogen-bond donors (Lipinski definition) is 0. The van der Waals surface area contributed by atoms with Crippen LogP contribution in [0.1, 0.15) is 9.67 Å². The van der Waals surface area contributed by atoms with E-state index < -0.39 is 0 Å². The first-order chi connectivity index (χ1) is 14.1. The van der Waals surface area contributed by atoms with Gasteiger partial charge in [0, 0.05) is 56.7 Å². The Balaban J connectivity index is 1.34. The molecule has 4 heterocycles. The molecule has 1 aliphatic heterocycles. The van der Waals surface area contributed by atoms with Crippen LogP contribution in [0.25, 0.3) is 11.3 Å². The Hall–Kier alpha value is -2.55. The lowest BCUT2D eigenvalue weighted by atomic mass is 10.2. The van der Waals surface area contributed by atoms with E-state index >= 15 is 0 Å². The summed E-state index contributed by atoms with van der Waals surface area (Å²) in [5.41, 5.74) is 1.48. The Bertz CT molecular complexity index is 1040. The van der Waals surface area contributed by atoms with Crippen LogP contribution in [-0.4, -0.2) is 63.2 Å². The molecular weight excluding hydrogens is 410 g/mol. The summed E-state index contributed by atoms with van der Waals surface area (Å²) in [4.78, 5) is 33.6. The molecule has 0 aromatic carbocycles. The number of amides is 1. The van der Waals surface area contributed by atoms with E-state index in [0.29, 0.717) is 35.4 Å². The molecule has 0 unspecified atom stereocenters. The predicted octanol–water partition coefficient (Wildman–Crippen LogP) is 2.48. The van der Waals surface area contributed by atoms with E-state index in [1.54, 1.807) is 30.6 Å². The van der Waals surface area contributed by atoms with Crippen LogP contribution < -0.4 is 5.56 Å². The second kappa shape index (κ2) is 8.86. The molecule has 29 heavy (non-hydrogen) atoms. The van der Waals surface area contributed by atoms with E-state index in [2.05, 4.69) is 15.0 Å². The zero-order chi connectivity index (χ0) is 20.2. The van der Waals surface area contributed by atoms with Crippen molar-refractivity contribution in [3.63, 3.8) is 0 Å². The van der Waals surface area contributed by atoms with Crippen molar-refractivity contribution in [1.82, 2.24) is 24.6 Å². The molecule has 0 bridgehead atoms. The highest BCUT2D eigenvalue weighted by molar-refractivity contribution is 7.17. The molecule has 1 saturated heterocycles. The van der Waals surface area contributed by atoms with Crippen molar-refractivity contribution < 1.29 is 4.79 Å². The van der Waals surface area contributed by atoms with E-state index in [0.717, 1.165) is 24.3 Å². The molecule has 0 saturated carbocycles. The Morgan fingerprint density at radius 3 is 2.59 bits per heavy atom. The summed E-state index contributed by atoms with van der Waals surface area (Å²) in [5, 5.41) is 4.47. The van der Waals surface area contributed by atoms with Crippen molar-refractivity contribution in [2.75, 3.05) is 32.7 Å². The first-order valence-corrected chi connectivity index (χ1v) is 10.5. The SMILES string of the molecule is O=C(c1ccc(Cl)s1)N1CCN(CCn2nc(-c3cccnc3)ccc2=O)CC1. The minimum absolute atomic E-state index is 0.0311. The minimum atomic E-state index is -0.124. The van der Waals surface area contributed by atoms with Crippen molar-refractivity contribution in [3.05, 3.63) is 68.4 Å². The van der Waals surface area contributed by atoms with Crippen LogP contribution in [0.2, 0.25) is 4.34 Å². The molecule has 9 heteroatoms. The van der Waals surface area contributed by atoms with Crippen molar-refractivity contribution in [2.45, 2.75) is 6.54 Å². The van der Waals surface area contributed by atoms with Crippen LogP contribution in [0.4, 0.5) is 0 Å². The Morgan fingerprint density at radius 2 is 1.90 bits per heavy atom. The van der Waals surface area contributed by atoms with Gasteiger partial charge in [0.15, 0.2) is 0 Å². The van der Waals surface area contributed by atoms with Crippen molar-refractivity contribution in [1.29, 1.82) is 0 Å². The molecule has 1 fully saturated rings. The zero-order valence-electron chi connectivity index (χ0n) is 15.7. The number of carbonyl (C=O) groups is 1. The number of hydrogen-bond acceptors (Lipinski definition) is 6. The van der Waals surface area contributed by atoms with E-state index in [9.17, 15) is 9.59 Å². The maximum absolute atomic E-state index is 12.5. The van der Waals surface area contributed by atoms with E-state index in [1.165, 1.54) is 22.1 Å². The highest BCUT2D eigenvalue weighted by Gasteiger charge is 2.23. The van der Waals surface area contributed by atoms with Crippen LogP contribution in [0.15, 0.2) is 53.6 Å². The van der Waals surface area contributed by atoms with Gasteiger partial charge in [0.2, 0.25) is 0 Å². The van der Waals surface area contributed by atoms with Gasteiger partial charge in [-0.2, -0.15) is 5.10 Å². The summed E-state index contributed by atoms with van der Waals surface area (Å²) in [6.45, 7) is 4.06.